The Bertz CT molecular complexity index is 985. The van der Waals surface area contributed by atoms with Gasteiger partial charge >= 0.3 is 5.76 Å². The zero-order valence-electron chi connectivity index (χ0n) is 11.3. The van der Waals surface area contributed by atoms with E-state index in [1.165, 1.54) is 23.1 Å². The topological polar surface area (TPSA) is 92.2 Å². The van der Waals surface area contributed by atoms with Crippen LogP contribution < -0.4 is 10.5 Å². The molecular formula is C14H12N2O4S2. The Morgan fingerprint density at radius 1 is 1.32 bits per heavy atom. The number of H-pyrrole nitrogens is 1. The minimum Gasteiger partial charge on any atom is -0.408 e. The Labute approximate surface area is 129 Å². The summed E-state index contributed by atoms with van der Waals surface area (Å²) in [6, 6.07) is 8.25. The molecule has 1 saturated carbocycles. The predicted molar refractivity (Wildman–Crippen MR) is 82.6 cm³/mol. The molecule has 2 unspecified atom stereocenters. The largest absolute Gasteiger partial charge is 0.417 e. The van der Waals surface area contributed by atoms with Crippen LogP contribution in [0.25, 0.3) is 11.1 Å². The molecule has 3 aromatic rings. The van der Waals surface area contributed by atoms with E-state index in [0.717, 1.165) is 6.42 Å². The van der Waals surface area contributed by atoms with Gasteiger partial charge in [0.1, 0.15) is 0 Å². The molecular weight excluding hydrogens is 324 g/mol. The third kappa shape index (κ3) is 2.39. The summed E-state index contributed by atoms with van der Waals surface area (Å²) in [5, 5.41) is 1.99. The Kier molecular flexibility index (Phi) is 3.00. The first kappa shape index (κ1) is 13.7. The number of aromatic nitrogens is 1. The van der Waals surface area contributed by atoms with Crippen molar-refractivity contribution in [1.29, 1.82) is 0 Å². The molecule has 1 aromatic carbocycles. The van der Waals surface area contributed by atoms with Crippen molar-refractivity contribution in [2.24, 2.45) is 0 Å². The number of hydrogen-bond donors (Lipinski definition) is 2. The van der Waals surface area contributed by atoms with Gasteiger partial charge in [0.05, 0.1) is 10.4 Å². The lowest BCUT2D eigenvalue weighted by atomic mass is 10.3. The average Bonchev–Trinajstić information content (AvgIpc) is 2.90. The smallest absolute Gasteiger partial charge is 0.408 e. The highest BCUT2D eigenvalue weighted by Gasteiger charge is 2.42. The minimum absolute atomic E-state index is 0.0717. The van der Waals surface area contributed by atoms with Crippen molar-refractivity contribution in [1.82, 2.24) is 9.71 Å². The van der Waals surface area contributed by atoms with Crippen LogP contribution in [0.5, 0.6) is 0 Å². The summed E-state index contributed by atoms with van der Waals surface area (Å²) in [7, 11) is -3.62. The molecule has 2 N–H and O–H groups in total. The molecule has 2 heterocycles. The zero-order valence-corrected chi connectivity index (χ0v) is 12.9. The van der Waals surface area contributed by atoms with E-state index in [2.05, 4.69) is 9.71 Å². The molecule has 0 saturated heterocycles. The van der Waals surface area contributed by atoms with E-state index < -0.39 is 15.8 Å². The number of rotatable bonds is 4. The van der Waals surface area contributed by atoms with Crippen LogP contribution in [0.2, 0.25) is 0 Å². The van der Waals surface area contributed by atoms with Gasteiger partial charge in [0.25, 0.3) is 0 Å². The SMILES string of the molecule is O=c1[nH]c2ccc(S(=O)(=O)NC3CC3c3cccs3)cc2o1. The van der Waals surface area contributed by atoms with Gasteiger partial charge in [0.2, 0.25) is 10.0 Å². The minimum atomic E-state index is -3.62. The number of fused-ring (bicyclic) bond motifs is 1. The van der Waals surface area contributed by atoms with Gasteiger partial charge in [-0.15, -0.1) is 11.3 Å². The van der Waals surface area contributed by atoms with Gasteiger partial charge in [-0.3, -0.25) is 4.98 Å². The van der Waals surface area contributed by atoms with Crippen LogP contribution in [-0.4, -0.2) is 19.4 Å². The predicted octanol–water partition coefficient (Wildman–Crippen LogP) is 2.02. The molecule has 4 rings (SSSR count). The molecule has 8 heteroatoms. The van der Waals surface area contributed by atoms with Crippen LogP contribution in [0, 0.1) is 0 Å². The number of aromatic amines is 1. The molecule has 1 fully saturated rings. The maximum Gasteiger partial charge on any atom is 0.417 e. The molecule has 0 aliphatic heterocycles. The lowest BCUT2D eigenvalue weighted by molar-refractivity contribution is 0.553. The van der Waals surface area contributed by atoms with Crippen LogP contribution in [0.4, 0.5) is 0 Å². The number of benzene rings is 1. The summed E-state index contributed by atoms with van der Waals surface area (Å²) in [5.41, 5.74) is 0.713. The highest BCUT2D eigenvalue weighted by atomic mass is 32.2. The molecule has 6 nitrogen and oxygen atoms in total. The Balaban J connectivity index is 1.58. The quantitative estimate of drug-likeness (QED) is 0.762. The monoisotopic (exact) mass is 336 g/mol. The molecule has 22 heavy (non-hydrogen) atoms. The third-order valence-electron chi connectivity index (χ3n) is 3.71. The van der Waals surface area contributed by atoms with Crippen LogP contribution in [-0.2, 0) is 10.0 Å². The van der Waals surface area contributed by atoms with Crippen molar-refractivity contribution in [3.05, 3.63) is 51.1 Å². The third-order valence-corrected chi connectivity index (χ3v) is 6.20. The summed E-state index contributed by atoms with van der Waals surface area (Å²) in [6.07, 6.45) is 0.807. The van der Waals surface area contributed by atoms with Gasteiger partial charge in [-0.05, 0) is 30.0 Å². The second-order valence-electron chi connectivity index (χ2n) is 5.26. The summed E-state index contributed by atoms with van der Waals surface area (Å²) >= 11 is 1.64. The van der Waals surface area contributed by atoms with E-state index >= 15 is 0 Å². The molecule has 2 atom stereocenters. The molecule has 0 bridgehead atoms. The van der Waals surface area contributed by atoms with E-state index in [1.54, 1.807) is 11.3 Å². The maximum atomic E-state index is 12.4. The highest BCUT2D eigenvalue weighted by molar-refractivity contribution is 7.89. The zero-order chi connectivity index (χ0) is 15.3. The fraction of sp³-hybridized carbons (Fsp3) is 0.214. The van der Waals surface area contributed by atoms with Crippen LogP contribution in [0.1, 0.15) is 17.2 Å². The Morgan fingerprint density at radius 2 is 2.18 bits per heavy atom. The molecule has 0 amide bonds. The van der Waals surface area contributed by atoms with Gasteiger partial charge < -0.3 is 4.42 Å². The maximum absolute atomic E-state index is 12.4. The number of oxazole rings is 1. The molecule has 2 aromatic heterocycles. The Hall–Kier alpha value is -1.90. The average molecular weight is 336 g/mol. The van der Waals surface area contributed by atoms with Gasteiger partial charge in [-0.25, -0.2) is 17.9 Å². The van der Waals surface area contributed by atoms with Gasteiger partial charge in [0, 0.05) is 22.9 Å². The number of nitrogens with one attached hydrogen (secondary N) is 2. The lowest BCUT2D eigenvalue weighted by Crippen LogP contribution is -2.26. The van der Waals surface area contributed by atoms with Gasteiger partial charge in [0.15, 0.2) is 5.58 Å². The second-order valence-corrected chi connectivity index (χ2v) is 7.95. The molecule has 0 spiro atoms. The second kappa shape index (κ2) is 4.80. The summed E-state index contributed by atoms with van der Waals surface area (Å²) in [5.74, 6) is -0.346. The van der Waals surface area contributed by atoms with Crippen LogP contribution in [0.3, 0.4) is 0 Å². The summed E-state index contributed by atoms with van der Waals surface area (Å²) < 4.78 is 32.4. The first-order chi connectivity index (χ1) is 10.5. The lowest BCUT2D eigenvalue weighted by Gasteiger charge is -2.05. The summed E-state index contributed by atoms with van der Waals surface area (Å²) in [6.45, 7) is 0. The van der Waals surface area contributed by atoms with Crippen molar-refractivity contribution < 1.29 is 12.8 Å². The summed E-state index contributed by atoms with van der Waals surface area (Å²) in [4.78, 5) is 14.9. The fourth-order valence-corrected chi connectivity index (χ4v) is 4.71. The van der Waals surface area contributed by atoms with E-state index in [-0.39, 0.29) is 22.4 Å². The fourth-order valence-electron chi connectivity index (χ4n) is 2.50. The standard InChI is InChI=1S/C14H12N2O4S2/c17-14-15-10-4-3-8(6-12(10)20-14)22(18,19)16-11-7-9(11)13-2-1-5-21-13/h1-6,9,11,16H,7H2,(H,15,17). The van der Waals surface area contributed by atoms with Gasteiger partial charge in [-0.1, -0.05) is 6.07 Å². The van der Waals surface area contributed by atoms with E-state index in [0.29, 0.717) is 5.52 Å². The first-order valence-corrected chi connectivity index (χ1v) is 9.08. The van der Waals surface area contributed by atoms with Crippen molar-refractivity contribution in [2.45, 2.75) is 23.3 Å². The number of sulfonamides is 1. The van der Waals surface area contributed by atoms with Crippen LogP contribution in [0.15, 0.2) is 49.8 Å². The molecule has 114 valence electrons. The number of thiophene rings is 1. The first-order valence-electron chi connectivity index (χ1n) is 6.71. The molecule has 1 aliphatic rings. The van der Waals surface area contributed by atoms with Crippen molar-refractivity contribution >= 4 is 32.5 Å². The van der Waals surface area contributed by atoms with Crippen molar-refractivity contribution in [2.75, 3.05) is 0 Å². The normalized spacial score (nSPS) is 21.3. The Morgan fingerprint density at radius 3 is 2.95 bits per heavy atom. The molecule has 1 aliphatic carbocycles. The van der Waals surface area contributed by atoms with Crippen molar-refractivity contribution in [3.63, 3.8) is 0 Å². The van der Waals surface area contributed by atoms with E-state index in [9.17, 15) is 13.2 Å². The van der Waals surface area contributed by atoms with E-state index in [4.69, 9.17) is 4.42 Å². The highest BCUT2D eigenvalue weighted by Crippen LogP contribution is 2.43. The number of hydrogen-bond acceptors (Lipinski definition) is 5. The van der Waals surface area contributed by atoms with E-state index in [1.807, 2.05) is 17.5 Å². The van der Waals surface area contributed by atoms with Gasteiger partial charge in [-0.2, -0.15) is 0 Å². The van der Waals surface area contributed by atoms with Crippen LogP contribution >= 0.6 is 11.3 Å². The van der Waals surface area contributed by atoms with Crippen molar-refractivity contribution in [3.8, 4) is 0 Å². The molecule has 0 radical (unpaired) electrons.